The van der Waals surface area contributed by atoms with E-state index >= 15 is 0 Å². The Bertz CT molecular complexity index is 699. The van der Waals surface area contributed by atoms with Gasteiger partial charge in [0.2, 0.25) is 5.91 Å². The van der Waals surface area contributed by atoms with Crippen molar-refractivity contribution in [1.82, 2.24) is 19.9 Å². The van der Waals surface area contributed by atoms with Gasteiger partial charge in [0.1, 0.15) is 0 Å². The average Bonchev–Trinajstić information content (AvgIpc) is 3.09. The molecule has 1 aliphatic rings. The number of halogens is 2. The molecule has 0 spiro atoms. The van der Waals surface area contributed by atoms with Crippen LogP contribution < -0.4 is 5.32 Å². The summed E-state index contributed by atoms with van der Waals surface area (Å²) in [7, 11) is 0. The zero-order valence-corrected chi connectivity index (χ0v) is 14.4. The number of hydrogen-bond acceptors (Lipinski definition) is 4. The van der Waals surface area contributed by atoms with Crippen molar-refractivity contribution >= 4 is 46.5 Å². The van der Waals surface area contributed by atoms with E-state index in [0.29, 0.717) is 26.9 Å². The van der Waals surface area contributed by atoms with Gasteiger partial charge in [-0.2, -0.15) is 0 Å². The fourth-order valence-electron chi connectivity index (χ4n) is 2.58. The zero-order chi connectivity index (χ0) is 15.7. The summed E-state index contributed by atoms with van der Waals surface area (Å²) in [6.07, 6.45) is 6.23. The monoisotopic (exact) mass is 358 g/mol. The van der Waals surface area contributed by atoms with Crippen molar-refractivity contribution in [3.8, 4) is 0 Å². The first kappa shape index (κ1) is 15.9. The summed E-state index contributed by atoms with van der Waals surface area (Å²) >= 11 is 13.5. The Balaban J connectivity index is 1.73. The van der Waals surface area contributed by atoms with Crippen LogP contribution in [0.4, 0.5) is 0 Å². The lowest BCUT2D eigenvalue weighted by atomic mass is 10.2. The lowest BCUT2D eigenvalue weighted by Crippen LogP contribution is -2.37. The second-order valence-corrected chi connectivity index (χ2v) is 7.58. The van der Waals surface area contributed by atoms with Gasteiger partial charge in [0.25, 0.3) is 0 Å². The minimum atomic E-state index is -0.259. The maximum absolute atomic E-state index is 12.3. The van der Waals surface area contributed by atoms with Crippen molar-refractivity contribution < 1.29 is 4.79 Å². The highest BCUT2D eigenvalue weighted by Crippen LogP contribution is 2.28. The number of hydrogen-bond donors (Lipinski definition) is 1. The van der Waals surface area contributed by atoms with Crippen molar-refractivity contribution in [1.29, 1.82) is 0 Å². The second-order valence-electron chi connectivity index (χ2n) is 5.43. The van der Waals surface area contributed by atoms with E-state index in [0.717, 1.165) is 12.8 Å². The molecule has 1 N–H and O–H groups in total. The predicted molar refractivity (Wildman–Crippen MR) is 88.7 cm³/mol. The van der Waals surface area contributed by atoms with E-state index in [2.05, 4.69) is 15.5 Å². The molecular weight excluding hydrogens is 343 g/mol. The smallest absolute Gasteiger partial charge is 0.233 e. The van der Waals surface area contributed by atoms with Crippen LogP contribution in [-0.4, -0.2) is 31.8 Å². The highest BCUT2D eigenvalue weighted by Gasteiger charge is 2.23. The first-order valence-corrected chi connectivity index (χ1v) is 8.85. The number of fused-ring (bicyclic) bond motifs is 1. The van der Waals surface area contributed by atoms with E-state index in [1.807, 2.05) is 6.92 Å². The number of carbonyl (C=O) groups is 1. The molecule has 3 rings (SSSR count). The van der Waals surface area contributed by atoms with Crippen LogP contribution in [0.5, 0.6) is 0 Å². The molecule has 1 saturated carbocycles. The van der Waals surface area contributed by atoms with Crippen molar-refractivity contribution in [2.24, 2.45) is 0 Å². The van der Waals surface area contributed by atoms with Gasteiger partial charge < -0.3 is 5.32 Å². The minimum Gasteiger partial charge on any atom is -0.352 e. The molecule has 1 fully saturated rings. The zero-order valence-electron chi connectivity index (χ0n) is 12.1. The van der Waals surface area contributed by atoms with Crippen molar-refractivity contribution in [3.63, 3.8) is 0 Å². The van der Waals surface area contributed by atoms with E-state index in [-0.39, 0.29) is 11.2 Å². The molecule has 0 aliphatic heterocycles. The molecular formula is C14H16Cl2N4OS. The van der Waals surface area contributed by atoms with E-state index in [1.54, 1.807) is 16.7 Å². The average molecular weight is 359 g/mol. The summed E-state index contributed by atoms with van der Waals surface area (Å²) < 4.78 is 1.72. The number of pyridine rings is 1. The topological polar surface area (TPSA) is 59.3 Å². The normalized spacial score (nSPS) is 17.0. The molecule has 1 aliphatic carbocycles. The molecule has 22 heavy (non-hydrogen) atoms. The summed E-state index contributed by atoms with van der Waals surface area (Å²) in [5, 5.41) is 12.5. The van der Waals surface area contributed by atoms with Crippen LogP contribution in [-0.2, 0) is 4.79 Å². The van der Waals surface area contributed by atoms with Crippen LogP contribution in [0.1, 0.15) is 32.6 Å². The Hall–Kier alpha value is -0.980. The molecule has 2 aromatic rings. The van der Waals surface area contributed by atoms with Gasteiger partial charge in [-0.25, -0.2) is 0 Å². The molecule has 0 unspecified atom stereocenters. The number of rotatable bonds is 4. The molecule has 0 aromatic carbocycles. The molecule has 5 nitrogen and oxygen atoms in total. The number of nitrogens with one attached hydrogen (secondary N) is 1. The van der Waals surface area contributed by atoms with E-state index in [9.17, 15) is 4.79 Å². The minimum absolute atomic E-state index is 0.0294. The van der Waals surface area contributed by atoms with Crippen molar-refractivity contribution in [2.75, 3.05) is 0 Å². The first-order chi connectivity index (χ1) is 10.5. The van der Waals surface area contributed by atoms with Crippen LogP contribution in [0.25, 0.3) is 5.65 Å². The van der Waals surface area contributed by atoms with Gasteiger partial charge in [-0.05, 0) is 25.8 Å². The Kier molecular flexibility index (Phi) is 4.80. The third-order valence-corrected chi connectivity index (χ3v) is 5.29. The standard InChI is InChI=1S/C14H16Cl2N4OS/c1-8(13(21)17-10-4-2-3-5-10)22-14-19-18-12-11(16)6-9(15)7-20(12)14/h6-8,10H,2-5H2,1H3,(H,17,21)/t8-/m0/s1. The highest BCUT2D eigenvalue weighted by molar-refractivity contribution is 8.00. The van der Waals surface area contributed by atoms with Gasteiger partial charge in [-0.3, -0.25) is 9.20 Å². The number of amides is 1. The largest absolute Gasteiger partial charge is 0.352 e. The van der Waals surface area contributed by atoms with Gasteiger partial charge in [0, 0.05) is 12.2 Å². The van der Waals surface area contributed by atoms with Crippen LogP contribution in [0.3, 0.4) is 0 Å². The second kappa shape index (κ2) is 6.64. The third-order valence-electron chi connectivity index (χ3n) is 3.75. The summed E-state index contributed by atoms with van der Waals surface area (Å²) in [6.45, 7) is 1.86. The number of nitrogens with zero attached hydrogens (tertiary/aromatic N) is 3. The van der Waals surface area contributed by atoms with Crippen LogP contribution in [0, 0.1) is 0 Å². The van der Waals surface area contributed by atoms with Gasteiger partial charge in [0.15, 0.2) is 10.8 Å². The molecule has 2 aromatic heterocycles. The quantitative estimate of drug-likeness (QED) is 0.848. The van der Waals surface area contributed by atoms with Gasteiger partial charge in [-0.1, -0.05) is 47.8 Å². The van der Waals surface area contributed by atoms with Crippen LogP contribution in [0.2, 0.25) is 10.0 Å². The Morgan fingerprint density at radius 2 is 2.14 bits per heavy atom. The maximum atomic E-state index is 12.3. The van der Waals surface area contributed by atoms with Crippen molar-refractivity contribution in [2.45, 2.75) is 49.1 Å². The van der Waals surface area contributed by atoms with Crippen LogP contribution >= 0.6 is 35.0 Å². The lowest BCUT2D eigenvalue weighted by molar-refractivity contribution is -0.120. The van der Waals surface area contributed by atoms with E-state index in [1.165, 1.54) is 24.6 Å². The lowest BCUT2D eigenvalue weighted by Gasteiger charge is -2.15. The molecule has 0 radical (unpaired) electrons. The molecule has 0 saturated heterocycles. The Morgan fingerprint density at radius 3 is 2.86 bits per heavy atom. The van der Waals surface area contributed by atoms with Gasteiger partial charge >= 0.3 is 0 Å². The third kappa shape index (κ3) is 3.34. The highest BCUT2D eigenvalue weighted by atomic mass is 35.5. The SMILES string of the molecule is C[C@H](Sc1nnc2c(Cl)cc(Cl)cn12)C(=O)NC1CCCC1. The molecule has 1 atom stereocenters. The fourth-order valence-corrected chi connectivity index (χ4v) is 3.92. The number of thioether (sulfide) groups is 1. The first-order valence-electron chi connectivity index (χ1n) is 7.21. The molecule has 8 heteroatoms. The molecule has 118 valence electrons. The van der Waals surface area contributed by atoms with Gasteiger partial charge in [0.05, 0.1) is 15.3 Å². The fraction of sp³-hybridized carbons (Fsp3) is 0.500. The number of carbonyl (C=O) groups excluding carboxylic acids is 1. The summed E-state index contributed by atoms with van der Waals surface area (Å²) in [5.74, 6) is 0.0294. The Labute approximate surface area is 142 Å². The van der Waals surface area contributed by atoms with Crippen LogP contribution in [0.15, 0.2) is 17.4 Å². The van der Waals surface area contributed by atoms with E-state index < -0.39 is 0 Å². The van der Waals surface area contributed by atoms with Gasteiger partial charge in [-0.15, -0.1) is 10.2 Å². The molecule has 2 heterocycles. The summed E-state index contributed by atoms with van der Waals surface area (Å²) in [6, 6.07) is 1.94. The summed E-state index contributed by atoms with van der Waals surface area (Å²) in [5.41, 5.74) is 0.539. The maximum Gasteiger partial charge on any atom is 0.233 e. The molecule has 0 bridgehead atoms. The summed E-state index contributed by atoms with van der Waals surface area (Å²) in [4.78, 5) is 12.3. The Morgan fingerprint density at radius 1 is 1.41 bits per heavy atom. The molecule has 1 amide bonds. The predicted octanol–water partition coefficient (Wildman–Crippen LogP) is 3.58. The van der Waals surface area contributed by atoms with Crippen molar-refractivity contribution in [3.05, 3.63) is 22.3 Å². The van der Waals surface area contributed by atoms with E-state index in [4.69, 9.17) is 23.2 Å². The number of aromatic nitrogens is 3.